The number of aliphatic carboxylic acids is 1. The van der Waals surface area contributed by atoms with Gasteiger partial charge in [0, 0.05) is 35.9 Å². The molecule has 0 bridgehead atoms. The molecule has 0 aromatic heterocycles. The van der Waals surface area contributed by atoms with Crippen molar-refractivity contribution in [1.29, 1.82) is 0 Å². The average Bonchev–Trinajstić information content (AvgIpc) is 3.08. The van der Waals surface area contributed by atoms with Gasteiger partial charge in [-0.25, -0.2) is 4.79 Å². The summed E-state index contributed by atoms with van der Waals surface area (Å²) >= 11 is 5.89. The average molecular weight is 548 g/mol. The highest BCUT2D eigenvalue weighted by molar-refractivity contribution is 6.30. The van der Waals surface area contributed by atoms with Gasteiger partial charge >= 0.3 is 12.1 Å². The Morgan fingerprint density at radius 2 is 1.58 bits per heavy atom. The Labute approximate surface area is 224 Å². The standard InChI is InChI=1S/C26H28ClN3O.C2HF3O2/c1-29-14-3-15-30(17-16-29)19-20-4-2-5-23(18-20)21-8-12-25(13-9-21)28-26(31)22-6-10-24(27)11-7-22;3-2(4,5)1(6)7/h2,4-13,18H,3,14-17,19H2,1H3,(H,28,31);(H,6,7). The van der Waals surface area contributed by atoms with E-state index in [0.29, 0.717) is 10.6 Å². The summed E-state index contributed by atoms with van der Waals surface area (Å²) in [6.07, 6.45) is -3.86. The van der Waals surface area contributed by atoms with Crippen LogP contribution in [0.25, 0.3) is 11.1 Å². The summed E-state index contributed by atoms with van der Waals surface area (Å²) < 4.78 is 31.7. The molecule has 0 aliphatic carbocycles. The van der Waals surface area contributed by atoms with Crippen LogP contribution in [0, 0.1) is 0 Å². The lowest BCUT2D eigenvalue weighted by Crippen LogP contribution is -2.28. The number of amides is 1. The first kappa shape index (κ1) is 29.2. The van der Waals surface area contributed by atoms with E-state index in [0.717, 1.165) is 37.4 Å². The molecule has 3 aromatic carbocycles. The van der Waals surface area contributed by atoms with Gasteiger partial charge in [-0.15, -0.1) is 0 Å². The quantitative estimate of drug-likeness (QED) is 0.408. The predicted molar refractivity (Wildman–Crippen MR) is 142 cm³/mol. The van der Waals surface area contributed by atoms with Gasteiger partial charge in [-0.2, -0.15) is 13.2 Å². The van der Waals surface area contributed by atoms with Gasteiger partial charge in [-0.1, -0.05) is 41.9 Å². The summed E-state index contributed by atoms with van der Waals surface area (Å²) in [5, 5.41) is 10.7. The molecule has 3 aromatic rings. The van der Waals surface area contributed by atoms with Crippen molar-refractivity contribution < 1.29 is 27.9 Å². The third kappa shape index (κ3) is 9.16. The number of halogens is 4. The zero-order valence-electron chi connectivity index (χ0n) is 20.8. The molecule has 0 radical (unpaired) electrons. The first-order valence-corrected chi connectivity index (χ1v) is 12.4. The first-order chi connectivity index (χ1) is 18.0. The summed E-state index contributed by atoms with van der Waals surface area (Å²) in [5.74, 6) is -2.90. The van der Waals surface area contributed by atoms with E-state index in [1.54, 1.807) is 24.3 Å². The lowest BCUT2D eigenvalue weighted by Gasteiger charge is -2.20. The summed E-state index contributed by atoms with van der Waals surface area (Å²) in [5.41, 5.74) is 5.03. The van der Waals surface area contributed by atoms with Gasteiger partial charge in [-0.3, -0.25) is 9.69 Å². The maximum Gasteiger partial charge on any atom is 0.490 e. The highest BCUT2D eigenvalue weighted by atomic mass is 35.5. The SMILES string of the molecule is CN1CCCN(Cc2cccc(-c3ccc(NC(=O)c4ccc(Cl)cc4)cc3)c2)CC1.O=C(O)C(F)(F)F. The van der Waals surface area contributed by atoms with Gasteiger partial charge in [0.25, 0.3) is 5.91 Å². The van der Waals surface area contributed by atoms with E-state index in [1.165, 1.54) is 24.1 Å². The number of likely N-dealkylation sites (N-methyl/N-ethyl adjacent to an activating group) is 1. The highest BCUT2D eigenvalue weighted by Gasteiger charge is 2.38. The van der Waals surface area contributed by atoms with Gasteiger partial charge in [0.15, 0.2) is 0 Å². The molecule has 1 saturated heterocycles. The largest absolute Gasteiger partial charge is 0.490 e. The number of alkyl halides is 3. The number of anilines is 1. The van der Waals surface area contributed by atoms with Crippen molar-refractivity contribution in [2.24, 2.45) is 0 Å². The monoisotopic (exact) mass is 547 g/mol. The van der Waals surface area contributed by atoms with Gasteiger partial charge in [-0.05, 0) is 85.7 Å². The van der Waals surface area contributed by atoms with E-state index in [4.69, 9.17) is 21.5 Å². The molecule has 38 heavy (non-hydrogen) atoms. The van der Waals surface area contributed by atoms with E-state index < -0.39 is 12.1 Å². The fourth-order valence-corrected chi connectivity index (χ4v) is 4.04. The number of carbonyl (C=O) groups is 2. The van der Waals surface area contributed by atoms with E-state index in [9.17, 15) is 18.0 Å². The molecule has 0 unspecified atom stereocenters. The molecule has 10 heteroatoms. The predicted octanol–water partition coefficient (Wildman–Crippen LogP) is 6.03. The van der Waals surface area contributed by atoms with Crippen LogP contribution < -0.4 is 5.32 Å². The first-order valence-electron chi connectivity index (χ1n) is 12.0. The zero-order chi connectivity index (χ0) is 27.7. The fourth-order valence-electron chi connectivity index (χ4n) is 3.92. The Morgan fingerprint density at radius 1 is 0.921 bits per heavy atom. The minimum Gasteiger partial charge on any atom is -0.475 e. The summed E-state index contributed by atoms with van der Waals surface area (Å²) in [6.45, 7) is 5.55. The molecule has 0 saturated carbocycles. The normalized spacial score (nSPS) is 14.7. The minimum absolute atomic E-state index is 0.144. The lowest BCUT2D eigenvalue weighted by molar-refractivity contribution is -0.192. The molecule has 2 N–H and O–H groups in total. The number of benzene rings is 3. The molecule has 1 aliphatic rings. The van der Waals surface area contributed by atoms with Crippen molar-refractivity contribution in [3.05, 3.63) is 88.9 Å². The van der Waals surface area contributed by atoms with Crippen LogP contribution in [0.5, 0.6) is 0 Å². The van der Waals surface area contributed by atoms with E-state index >= 15 is 0 Å². The molecular weight excluding hydrogens is 519 g/mol. The Morgan fingerprint density at radius 3 is 2.21 bits per heavy atom. The number of carboxylic acids is 1. The van der Waals surface area contributed by atoms with Gasteiger partial charge in [0.05, 0.1) is 0 Å². The van der Waals surface area contributed by atoms with Crippen molar-refractivity contribution in [1.82, 2.24) is 9.80 Å². The maximum atomic E-state index is 12.4. The van der Waals surface area contributed by atoms with E-state index in [2.05, 4.69) is 58.6 Å². The molecule has 0 spiro atoms. The van der Waals surface area contributed by atoms with Crippen molar-refractivity contribution >= 4 is 29.2 Å². The second kappa shape index (κ2) is 13.4. The third-order valence-corrected chi connectivity index (χ3v) is 6.22. The number of rotatable bonds is 5. The number of carbonyl (C=O) groups excluding carboxylic acids is 1. The fraction of sp³-hybridized carbons (Fsp3) is 0.286. The van der Waals surface area contributed by atoms with Crippen molar-refractivity contribution in [3.63, 3.8) is 0 Å². The number of carboxylic acid groups (broad SMARTS) is 1. The van der Waals surface area contributed by atoms with Crippen LogP contribution in [0.15, 0.2) is 72.8 Å². The molecule has 4 rings (SSSR count). The minimum atomic E-state index is -5.08. The van der Waals surface area contributed by atoms with Gasteiger partial charge < -0.3 is 15.3 Å². The molecular formula is C28H29ClF3N3O3. The Bertz CT molecular complexity index is 1220. The highest BCUT2D eigenvalue weighted by Crippen LogP contribution is 2.24. The zero-order valence-corrected chi connectivity index (χ0v) is 21.6. The number of hydrogen-bond donors (Lipinski definition) is 2. The lowest BCUT2D eigenvalue weighted by atomic mass is 10.0. The topological polar surface area (TPSA) is 72.9 Å². The smallest absolute Gasteiger partial charge is 0.475 e. The third-order valence-electron chi connectivity index (χ3n) is 5.97. The van der Waals surface area contributed by atoms with E-state index in [-0.39, 0.29) is 5.91 Å². The second-order valence-corrected chi connectivity index (χ2v) is 9.41. The van der Waals surface area contributed by atoms with Gasteiger partial charge in [0.1, 0.15) is 0 Å². The van der Waals surface area contributed by atoms with Crippen LogP contribution in [0.2, 0.25) is 5.02 Å². The molecule has 1 heterocycles. The molecule has 1 fully saturated rings. The Hall–Kier alpha value is -3.40. The van der Waals surface area contributed by atoms with Crippen LogP contribution in [0.3, 0.4) is 0 Å². The summed E-state index contributed by atoms with van der Waals surface area (Å²) in [4.78, 5) is 26.2. The molecule has 6 nitrogen and oxygen atoms in total. The second-order valence-electron chi connectivity index (χ2n) is 8.97. The van der Waals surface area contributed by atoms with Crippen molar-refractivity contribution in [3.8, 4) is 11.1 Å². The van der Waals surface area contributed by atoms with Crippen LogP contribution in [-0.2, 0) is 11.3 Å². The van der Waals surface area contributed by atoms with Crippen molar-refractivity contribution in [2.75, 3.05) is 38.5 Å². The van der Waals surface area contributed by atoms with Crippen LogP contribution in [0.4, 0.5) is 18.9 Å². The Kier molecular flexibility index (Phi) is 10.3. The maximum absolute atomic E-state index is 12.4. The number of nitrogens with one attached hydrogen (secondary N) is 1. The molecule has 1 amide bonds. The molecule has 0 atom stereocenters. The van der Waals surface area contributed by atoms with Crippen molar-refractivity contribution in [2.45, 2.75) is 19.1 Å². The molecule has 1 aliphatic heterocycles. The molecule has 202 valence electrons. The van der Waals surface area contributed by atoms with Crippen LogP contribution in [-0.4, -0.2) is 66.2 Å². The van der Waals surface area contributed by atoms with Gasteiger partial charge in [0.2, 0.25) is 0 Å². The number of hydrogen-bond acceptors (Lipinski definition) is 4. The van der Waals surface area contributed by atoms with Crippen LogP contribution >= 0.6 is 11.6 Å². The summed E-state index contributed by atoms with van der Waals surface area (Å²) in [6, 6.07) is 23.6. The van der Waals surface area contributed by atoms with Crippen LogP contribution in [0.1, 0.15) is 22.3 Å². The van der Waals surface area contributed by atoms with E-state index in [1.807, 2.05) is 12.1 Å². The Balaban J connectivity index is 0.000000505. The summed E-state index contributed by atoms with van der Waals surface area (Å²) in [7, 11) is 2.20. The number of nitrogens with zero attached hydrogens (tertiary/aromatic N) is 2.